The van der Waals surface area contributed by atoms with E-state index in [0.29, 0.717) is 0 Å². The summed E-state index contributed by atoms with van der Waals surface area (Å²) in [7, 11) is 0. The predicted molar refractivity (Wildman–Crippen MR) is 56.1 cm³/mol. The average Bonchev–Trinajstić information content (AvgIpc) is 2.59. The highest BCUT2D eigenvalue weighted by molar-refractivity contribution is 5.96. The minimum atomic E-state index is -4.98. The van der Waals surface area contributed by atoms with Gasteiger partial charge in [-0.15, -0.1) is 13.2 Å². The van der Waals surface area contributed by atoms with Crippen LogP contribution >= 0.6 is 0 Å². The summed E-state index contributed by atoms with van der Waals surface area (Å²) >= 11 is 0. The molecule has 1 aliphatic heterocycles. The topological polar surface area (TPSA) is 49.8 Å². The molecule has 1 aromatic rings. The van der Waals surface area contributed by atoms with Crippen LogP contribution in [0.1, 0.15) is 6.42 Å². The van der Waals surface area contributed by atoms with Gasteiger partial charge in [-0.25, -0.2) is 4.39 Å². The standard InChI is InChI=1S/C11H9F4NO3/c12-8-3-6(16-5-7(17)4-10(16)18)1-2-9(8)19-11(13,14)15/h1-3,7,17H,4-5H2. The molecule has 0 spiro atoms. The van der Waals surface area contributed by atoms with E-state index in [1.165, 1.54) is 0 Å². The van der Waals surface area contributed by atoms with Crippen LogP contribution < -0.4 is 9.64 Å². The molecule has 1 heterocycles. The maximum Gasteiger partial charge on any atom is 0.573 e. The number of nitrogens with zero attached hydrogens (tertiary/aromatic N) is 1. The largest absolute Gasteiger partial charge is 0.573 e. The first-order valence-electron chi connectivity index (χ1n) is 5.30. The fourth-order valence-corrected chi connectivity index (χ4v) is 1.80. The van der Waals surface area contributed by atoms with Gasteiger partial charge in [0.15, 0.2) is 11.6 Å². The Labute approximate surface area is 105 Å². The molecule has 1 aromatic carbocycles. The highest BCUT2D eigenvalue weighted by atomic mass is 19.4. The number of anilines is 1. The fraction of sp³-hybridized carbons (Fsp3) is 0.364. The van der Waals surface area contributed by atoms with E-state index in [1.807, 2.05) is 0 Å². The lowest BCUT2D eigenvalue weighted by Gasteiger charge is -2.17. The monoisotopic (exact) mass is 279 g/mol. The van der Waals surface area contributed by atoms with Gasteiger partial charge in [0.2, 0.25) is 5.91 Å². The lowest BCUT2D eigenvalue weighted by Crippen LogP contribution is -2.25. The van der Waals surface area contributed by atoms with Gasteiger partial charge in [0, 0.05) is 11.8 Å². The van der Waals surface area contributed by atoms with E-state index >= 15 is 0 Å². The summed E-state index contributed by atoms with van der Waals surface area (Å²) in [5.41, 5.74) is 0.0774. The van der Waals surface area contributed by atoms with Crippen LogP contribution in [0.4, 0.5) is 23.2 Å². The lowest BCUT2D eigenvalue weighted by molar-refractivity contribution is -0.275. The van der Waals surface area contributed by atoms with Gasteiger partial charge >= 0.3 is 6.36 Å². The molecule has 1 fully saturated rings. The molecule has 0 aliphatic carbocycles. The third-order valence-electron chi connectivity index (χ3n) is 2.56. The molecule has 0 saturated carbocycles. The van der Waals surface area contributed by atoms with E-state index in [1.54, 1.807) is 0 Å². The Morgan fingerprint density at radius 2 is 2.05 bits per heavy atom. The first kappa shape index (κ1) is 13.6. The quantitative estimate of drug-likeness (QED) is 0.840. The van der Waals surface area contributed by atoms with E-state index in [-0.39, 0.29) is 18.7 Å². The minimum absolute atomic E-state index is 0.0161. The number of carbonyl (C=O) groups is 1. The molecular weight excluding hydrogens is 270 g/mol. The first-order chi connectivity index (χ1) is 8.76. The van der Waals surface area contributed by atoms with Gasteiger partial charge in [-0.3, -0.25) is 4.79 Å². The number of halogens is 4. The van der Waals surface area contributed by atoms with Crippen molar-refractivity contribution in [3.63, 3.8) is 0 Å². The van der Waals surface area contributed by atoms with Crippen molar-refractivity contribution in [2.24, 2.45) is 0 Å². The van der Waals surface area contributed by atoms with E-state index in [0.717, 1.165) is 23.1 Å². The summed E-state index contributed by atoms with van der Waals surface area (Å²) in [5, 5.41) is 9.28. The second kappa shape index (κ2) is 4.69. The predicted octanol–water partition coefficient (Wildman–Crippen LogP) is 1.82. The zero-order valence-electron chi connectivity index (χ0n) is 9.45. The van der Waals surface area contributed by atoms with Crippen molar-refractivity contribution in [3.05, 3.63) is 24.0 Å². The van der Waals surface area contributed by atoms with E-state index < -0.39 is 29.9 Å². The number of β-amino-alcohol motifs (C(OH)–C–C–N with tert-alkyl or cyclic N) is 1. The molecule has 104 valence electrons. The third-order valence-corrected chi connectivity index (χ3v) is 2.56. The van der Waals surface area contributed by atoms with Gasteiger partial charge < -0.3 is 14.7 Å². The molecule has 0 radical (unpaired) electrons. The van der Waals surface area contributed by atoms with Crippen LogP contribution in [0.15, 0.2) is 18.2 Å². The zero-order chi connectivity index (χ0) is 14.2. The van der Waals surface area contributed by atoms with E-state index in [4.69, 9.17) is 0 Å². The third kappa shape index (κ3) is 3.14. The van der Waals surface area contributed by atoms with Gasteiger partial charge in [-0.1, -0.05) is 0 Å². The smallest absolute Gasteiger partial charge is 0.403 e. The number of rotatable bonds is 2. The normalized spacial score (nSPS) is 19.9. The van der Waals surface area contributed by atoms with Crippen LogP contribution in [-0.2, 0) is 4.79 Å². The molecule has 1 saturated heterocycles. The number of hydrogen-bond acceptors (Lipinski definition) is 3. The van der Waals surface area contributed by atoms with Crippen LogP contribution in [-0.4, -0.2) is 30.0 Å². The number of amides is 1. The molecule has 0 aromatic heterocycles. The highest BCUT2D eigenvalue weighted by Gasteiger charge is 2.33. The van der Waals surface area contributed by atoms with Crippen LogP contribution in [0, 0.1) is 5.82 Å². The maximum absolute atomic E-state index is 13.4. The summed E-state index contributed by atoms with van der Waals surface area (Å²) in [6.07, 6.45) is -5.94. The molecule has 8 heteroatoms. The molecular formula is C11H9F4NO3. The Balaban J connectivity index is 2.22. The lowest BCUT2D eigenvalue weighted by atomic mass is 10.2. The van der Waals surface area contributed by atoms with Gasteiger partial charge in [-0.05, 0) is 12.1 Å². The van der Waals surface area contributed by atoms with Crippen molar-refractivity contribution in [2.75, 3.05) is 11.4 Å². The van der Waals surface area contributed by atoms with Gasteiger partial charge in [0.05, 0.1) is 19.1 Å². The Hall–Kier alpha value is -1.83. The number of ether oxygens (including phenoxy) is 1. The Morgan fingerprint density at radius 1 is 1.37 bits per heavy atom. The molecule has 4 nitrogen and oxygen atoms in total. The van der Waals surface area contributed by atoms with Crippen LogP contribution in [0.3, 0.4) is 0 Å². The second-order valence-corrected chi connectivity index (χ2v) is 4.02. The summed E-state index contributed by atoms with van der Waals surface area (Å²) in [6, 6.07) is 2.67. The first-order valence-corrected chi connectivity index (χ1v) is 5.30. The fourth-order valence-electron chi connectivity index (χ4n) is 1.80. The highest BCUT2D eigenvalue weighted by Crippen LogP contribution is 2.30. The number of aliphatic hydroxyl groups excluding tert-OH is 1. The number of alkyl halides is 3. The van der Waals surface area contributed by atoms with Gasteiger partial charge in [-0.2, -0.15) is 0 Å². The zero-order valence-corrected chi connectivity index (χ0v) is 9.45. The number of benzene rings is 1. The van der Waals surface area contributed by atoms with Crippen molar-refractivity contribution in [1.82, 2.24) is 0 Å². The summed E-state index contributed by atoms with van der Waals surface area (Å²) in [5.74, 6) is -2.62. The van der Waals surface area contributed by atoms with Crippen molar-refractivity contribution < 1.29 is 32.2 Å². The summed E-state index contributed by atoms with van der Waals surface area (Å²) in [4.78, 5) is 12.5. The number of aliphatic hydroxyl groups is 1. The van der Waals surface area contributed by atoms with Crippen molar-refractivity contribution in [3.8, 4) is 5.75 Å². The van der Waals surface area contributed by atoms with E-state index in [9.17, 15) is 27.5 Å². The molecule has 1 unspecified atom stereocenters. The Bertz CT molecular complexity index is 503. The molecule has 1 N–H and O–H groups in total. The van der Waals surface area contributed by atoms with Gasteiger partial charge in [0.25, 0.3) is 0 Å². The number of carbonyl (C=O) groups excluding carboxylic acids is 1. The molecule has 1 aliphatic rings. The Kier molecular flexibility index (Phi) is 3.36. The van der Waals surface area contributed by atoms with Crippen LogP contribution in [0.2, 0.25) is 0 Å². The molecule has 0 bridgehead atoms. The minimum Gasteiger partial charge on any atom is -0.403 e. The van der Waals surface area contributed by atoms with Crippen LogP contribution in [0.25, 0.3) is 0 Å². The van der Waals surface area contributed by atoms with Crippen LogP contribution in [0.5, 0.6) is 5.75 Å². The SMILES string of the molecule is O=C1CC(O)CN1c1ccc(OC(F)(F)F)c(F)c1. The molecule has 1 atom stereocenters. The van der Waals surface area contributed by atoms with Crippen molar-refractivity contribution >= 4 is 11.6 Å². The molecule has 2 rings (SSSR count). The number of hydrogen-bond donors (Lipinski definition) is 1. The van der Waals surface area contributed by atoms with E-state index in [2.05, 4.69) is 4.74 Å². The van der Waals surface area contributed by atoms with Crippen molar-refractivity contribution in [2.45, 2.75) is 18.9 Å². The Morgan fingerprint density at radius 3 is 2.53 bits per heavy atom. The molecule has 1 amide bonds. The van der Waals surface area contributed by atoms with Crippen molar-refractivity contribution in [1.29, 1.82) is 0 Å². The second-order valence-electron chi connectivity index (χ2n) is 4.02. The maximum atomic E-state index is 13.4. The van der Waals surface area contributed by atoms with Gasteiger partial charge in [0.1, 0.15) is 0 Å². The average molecular weight is 279 g/mol. The molecule has 19 heavy (non-hydrogen) atoms. The summed E-state index contributed by atoms with van der Waals surface area (Å²) in [6.45, 7) is -0.0161. The summed E-state index contributed by atoms with van der Waals surface area (Å²) < 4.78 is 52.8.